The van der Waals surface area contributed by atoms with E-state index in [1.807, 2.05) is 19.1 Å². The molecule has 3 nitrogen and oxygen atoms in total. The molecule has 0 spiro atoms. The minimum Gasteiger partial charge on any atom is -0.468 e. The Morgan fingerprint density at radius 3 is 2.37 bits per heavy atom. The summed E-state index contributed by atoms with van der Waals surface area (Å²) in [4.78, 5) is 12.3. The molecule has 1 fully saturated rings. The quantitative estimate of drug-likeness (QED) is 0.781. The highest BCUT2D eigenvalue weighted by Crippen LogP contribution is 2.43. The predicted octanol–water partition coefficient (Wildman–Crippen LogP) is 3.18. The van der Waals surface area contributed by atoms with E-state index in [-0.39, 0.29) is 5.97 Å². The van der Waals surface area contributed by atoms with Gasteiger partial charge in [0, 0.05) is 0 Å². The van der Waals surface area contributed by atoms with E-state index in [9.17, 15) is 4.79 Å². The molecular weight excluding hydrogens is 238 g/mol. The van der Waals surface area contributed by atoms with Gasteiger partial charge in [-0.15, -0.1) is 0 Å². The zero-order valence-corrected chi connectivity index (χ0v) is 11.5. The van der Waals surface area contributed by atoms with Gasteiger partial charge in [-0.2, -0.15) is 5.26 Å². The Balaban J connectivity index is 2.41. The predicted molar refractivity (Wildman–Crippen MR) is 72.5 cm³/mol. The molecule has 100 valence electrons. The van der Waals surface area contributed by atoms with Crippen LogP contribution in [0.15, 0.2) is 24.3 Å². The van der Waals surface area contributed by atoms with E-state index >= 15 is 0 Å². The largest absolute Gasteiger partial charge is 0.468 e. The van der Waals surface area contributed by atoms with Crippen molar-refractivity contribution in [3.63, 3.8) is 0 Å². The van der Waals surface area contributed by atoms with E-state index in [1.54, 1.807) is 12.1 Å². The molecule has 1 aromatic rings. The van der Waals surface area contributed by atoms with Crippen molar-refractivity contribution in [1.82, 2.24) is 0 Å². The number of hydrogen-bond donors (Lipinski definition) is 0. The number of benzene rings is 1. The Morgan fingerprint density at radius 2 is 1.89 bits per heavy atom. The second-order valence-corrected chi connectivity index (χ2v) is 5.36. The third kappa shape index (κ3) is 2.35. The average Bonchev–Trinajstić information content (AvgIpc) is 3.00. The summed E-state index contributed by atoms with van der Waals surface area (Å²) in [6, 6.07) is 9.41. The van der Waals surface area contributed by atoms with Crippen LogP contribution in [0.2, 0.25) is 0 Å². The number of esters is 1. The van der Waals surface area contributed by atoms with Crippen molar-refractivity contribution in [3.8, 4) is 6.07 Å². The fourth-order valence-electron chi connectivity index (χ4n) is 3.13. The molecule has 0 aliphatic heterocycles. The van der Waals surface area contributed by atoms with Crippen LogP contribution in [0.25, 0.3) is 0 Å². The SMILES string of the molecule is COC(=O)C(C)(c1ccc(C#N)cc1)C1CCCC1. The van der Waals surface area contributed by atoms with Gasteiger partial charge >= 0.3 is 5.97 Å². The molecule has 1 atom stereocenters. The van der Waals surface area contributed by atoms with Crippen molar-refractivity contribution in [2.75, 3.05) is 7.11 Å². The van der Waals surface area contributed by atoms with Crippen LogP contribution in [-0.4, -0.2) is 13.1 Å². The molecule has 0 heterocycles. The molecule has 3 heteroatoms. The van der Waals surface area contributed by atoms with Crippen LogP contribution in [0.4, 0.5) is 0 Å². The Morgan fingerprint density at radius 1 is 1.32 bits per heavy atom. The smallest absolute Gasteiger partial charge is 0.316 e. The summed E-state index contributed by atoms with van der Waals surface area (Å²) < 4.78 is 5.03. The number of rotatable bonds is 3. The molecule has 0 N–H and O–H groups in total. The molecule has 19 heavy (non-hydrogen) atoms. The first-order valence-electron chi connectivity index (χ1n) is 6.72. The van der Waals surface area contributed by atoms with E-state index in [1.165, 1.54) is 20.0 Å². The first-order chi connectivity index (χ1) is 9.12. The van der Waals surface area contributed by atoms with Crippen LogP contribution >= 0.6 is 0 Å². The molecule has 0 amide bonds. The van der Waals surface area contributed by atoms with Gasteiger partial charge in [0.15, 0.2) is 0 Å². The van der Waals surface area contributed by atoms with Crippen LogP contribution < -0.4 is 0 Å². The maximum Gasteiger partial charge on any atom is 0.316 e. The van der Waals surface area contributed by atoms with Crippen molar-refractivity contribution in [1.29, 1.82) is 5.26 Å². The summed E-state index contributed by atoms with van der Waals surface area (Å²) in [7, 11) is 1.44. The summed E-state index contributed by atoms with van der Waals surface area (Å²) in [6.45, 7) is 1.97. The van der Waals surface area contributed by atoms with E-state index in [4.69, 9.17) is 10.00 Å². The van der Waals surface area contributed by atoms with Gasteiger partial charge in [0.05, 0.1) is 24.2 Å². The van der Waals surface area contributed by atoms with E-state index in [2.05, 4.69) is 6.07 Å². The zero-order chi connectivity index (χ0) is 13.9. The molecule has 1 aliphatic rings. The zero-order valence-electron chi connectivity index (χ0n) is 11.5. The Bertz CT molecular complexity index is 494. The van der Waals surface area contributed by atoms with Crippen molar-refractivity contribution in [2.24, 2.45) is 5.92 Å². The van der Waals surface area contributed by atoms with Gasteiger partial charge in [-0.1, -0.05) is 25.0 Å². The van der Waals surface area contributed by atoms with Crippen molar-refractivity contribution in [3.05, 3.63) is 35.4 Å². The lowest BCUT2D eigenvalue weighted by Crippen LogP contribution is -2.40. The van der Waals surface area contributed by atoms with Crippen LogP contribution in [0, 0.1) is 17.2 Å². The highest BCUT2D eigenvalue weighted by Gasteiger charge is 2.44. The van der Waals surface area contributed by atoms with Gasteiger partial charge in [-0.25, -0.2) is 0 Å². The number of hydrogen-bond acceptors (Lipinski definition) is 3. The van der Waals surface area contributed by atoms with Crippen LogP contribution in [0.5, 0.6) is 0 Å². The third-order valence-electron chi connectivity index (χ3n) is 4.39. The molecule has 1 aromatic carbocycles. The maximum atomic E-state index is 12.3. The van der Waals surface area contributed by atoms with Crippen molar-refractivity contribution < 1.29 is 9.53 Å². The van der Waals surface area contributed by atoms with E-state index < -0.39 is 5.41 Å². The van der Waals surface area contributed by atoms with Gasteiger partial charge in [0.2, 0.25) is 0 Å². The third-order valence-corrected chi connectivity index (χ3v) is 4.39. The summed E-state index contributed by atoms with van der Waals surface area (Å²) in [5.41, 5.74) is 0.965. The van der Waals surface area contributed by atoms with E-state index in [0.29, 0.717) is 11.5 Å². The highest BCUT2D eigenvalue weighted by molar-refractivity contribution is 5.83. The standard InChI is InChI=1S/C16H19NO2/c1-16(15(18)19-2,13-5-3-4-6-13)14-9-7-12(11-17)8-10-14/h7-10,13H,3-6H2,1-2H3. The molecule has 0 aromatic heterocycles. The number of nitriles is 1. The van der Waals surface area contributed by atoms with Crippen LogP contribution in [0.1, 0.15) is 43.7 Å². The lowest BCUT2D eigenvalue weighted by Gasteiger charge is -2.33. The fourth-order valence-corrected chi connectivity index (χ4v) is 3.13. The molecule has 1 aliphatic carbocycles. The Kier molecular flexibility index (Phi) is 3.90. The lowest BCUT2D eigenvalue weighted by atomic mass is 9.71. The van der Waals surface area contributed by atoms with Crippen molar-refractivity contribution >= 4 is 5.97 Å². The summed E-state index contributed by atoms with van der Waals surface area (Å²) >= 11 is 0. The number of ether oxygens (including phenoxy) is 1. The monoisotopic (exact) mass is 257 g/mol. The minimum absolute atomic E-state index is 0.177. The van der Waals surface area contributed by atoms with E-state index in [0.717, 1.165) is 18.4 Å². The average molecular weight is 257 g/mol. The highest BCUT2D eigenvalue weighted by atomic mass is 16.5. The topological polar surface area (TPSA) is 50.1 Å². The molecule has 1 saturated carbocycles. The minimum atomic E-state index is -0.598. The summed E-state index contributed by atoms with van der Waals surface area (Å²) in [5, 5.41) is 8.86. The first-order valence-corrected chi connectivity index (χ1v) is 6.72. The van der Waals surface area contributed by atoms with Crippen LogP contribution in [0.3, 0.4) is 0 Å². The normalized spacial score (nSPS) is 18.6. The number of nitrogens with zero attached hydrogens (tertiary/aromatic N) is 1. The maximum absolute atomic E-state index is 12.3. The molecule has 0 saturated heterocycles. The lowest BCUT2D eigenvalue weighted by molar-refractivity contribution is -0.149. The van der Waals surface area contributed by atoms with Gasteiger partial charge in [0.25, 0.3) is 0 Å². The molecule has 0 radical (unpaired) electrons. The second kappa shape index (κ2) is 5.44. The second-order valence-electron chi connectivity index (χ2n) is 5.36. The first kappa shape index (κ1) is 13.6. The number of methoxy groups -OCH3 is 1. The van der Waals surface area contributed by atoms with Gasteiger partial charge in [-0.05, 0) is 43.4 Å². The molecule has 2 rings (SSSR count). The molecular formula is C16H19NO2. The molecule has 0 bridgehead atoms. The van der Waals surface area contributed by atoms with Gasteiger partial charge < -0.3 is 4.74 Å². The Labute approximate surface area is 114 Å². The summed E-state index contributed by atoms with van der Waals surface area (Å²) in [5.74, 6) is 0.150. The molecule has 1 unspecified atom stereocenters. The number of carbonyl (C=O) groups excluding carboxylic acids is 1. The fraction of sp³-hybridized carbons (Fsp3) is 0.500. The van der Waals surface area contributed by atoms with Gasteiger partial charge in [-0.3, -0.25) is 4.79 Å². The summed E-state index contributed by atoms with van der Waals surface area (Å²) in [6.07, 6.45) is 4.47. The van der Waals surface area contributed by atoms with Gasteiger partial charge in [0.1, 0.15) is 0 Å². The van der Waals surface area contributed by atoms with Crippen LogP contribution in [-0.2, 0) is 14.9 Å². The number of carbonyl (C=O) groups is 1. The van der Waals surface area contributed by atoms with Crippen molar-refractivity contribution in [2.45, 2.75) is 38.0 Å². The Hall–Kier alpha value is -1.82.